The third-order valence-electron chi connectivity index (χ3n) is 2.46. The minimum atomic E-state index is 0.696. The SMILES string of the molecule is CN(C)CCCCNCc1cc(Cl)cc(Cl)c1. The van der Waals surface area contributed by atoms with Gasteiger partial charge in [0.1, 0.15) is 0 Å². The first kappa shape index (κ1) is 14.8. The van der Waals surface area contributed by atoms with E-state index < -0.39 is 0 Å². The maximum absolute atomic E-state index is 5.93. The summed E-state index contributed by atoms with van der Waals surface area (Å²) in [5, 5.41) is 4.79. The Morgan fingerprint density at radius 2 is 1.71 bits per heavy atom. The Hall–Kier alpha value is -0.280. The fourth-order valence-electron chi connectivity index (χ4n) is 1.62. The van der Waals surface area contributed by atoms with Crippen molar-refractivity contribution in [3.63, 3.8) is 0 Å². The molecular formula is C13H20Cl2N2. The van der Waals surface area contributed by atoms with Crippen LogP contribution in [0, 0.1) is 0 Å². The molecule has 0 bridgehead atoms. The first-order valence-electron chi connectivity index (χ1n) is 5.88. The smallest absolute Gasteiger partial charge is 0.0424 e. The van der Waals surface area contributed by atoms with Gasteiger partial charge in [-0.15, -0.1) is 0 Å². The maximum atomic E-state index is 5.93. The van der Waals surface area contributed by atoms with Crippen LogP contribution in [0.1, 0.15) is 18.4 Å². The number of hydrogen-bond acceptors (Lipinski definition) is 2. The molecule has 0 radical (unpaired) electrons. The van der Waals surface area contributed by atoms with E-state index in [2.05, 4.69) is 24.3 Å². The van der Waals surface area contributed by atoms with Gasteiger partial charge in [-0.25, -0.2) is 0 Å². The van der Waals surface area contributed by atoms with Gasteiger partial charge in [-0.2, -0.15) is 0 Å². The number of nitrogens with zero attached hydrogens (tertiary/aromatic N) is 1. The summed E-state index contributed by atoms with van der Waals surface area (Å²) < 4.78 is 0. The van der Waals surface area contributed by atoms with E-state index in [1.54, 1.807) is 6.07 Å². The van der Waals surface area contributed by atoms with Crippen molar-refractivity contribution < 1.29 is 0 Å². The normalized spacial score (nSPS) is 11.1. The van der Waals surface area contributed by atoms with Crippen molar-refractivity contribution >= 4 is 23.2 Å². The lowest BCUT2D eigenvalue weighted by Crippen LogP contribution is -2.18. The van der Waals surface area contributed by atoms with E-state index in [4.69, 9.17) is 23.2 Å². The second-order valence-electron chi connectivity index (χ2n) is 4.46. The van der Waals surface area contributed by atoms with Gasteiger partial charge in [-0.05, 0) is 63.8 Å². The van der Waals surface area contributed by atoms with E-state index in [1.807, 2.05) is 12.1 Å². The van der Waals surface area contributed by atoms with Gasteiger partial charge in [0.05, 0.1) is 0 Å². The molecule has 1 aromatic rings. The van der Waals surface area contributed by atoms with E-state index >= 15 is 0 Å². The van der Waals surface area contributed by atoms with Gasteiger partial charge in [-0.1, -0.05) is 23.2 Å². The number of benzene rings is 1. The molecule has 0 aromatic heterocycles. The highest BCUT2D eigenvalue weighted by molar-refractivity contribution is 6.34. The summed E-state index contributed by atoms with van der Waals surface area (Å²) in [4.78, 5) is 2.21. The van der Waals surface area contributed by atoms with E-state index in [9.17, 15) is 0 Å². The number of hydrogen-bond donors (Lipinski definition) is 1. The molecule has 0 heterocycles. The molecule has 4 heteroatoms. The van der Waals surface area contributed by atoms with Crippen molar-refractivity contribution in [2.24, 2.45) is 0 Å². The average molecular weight is 275 g/mol. The largest absolute Gasteiger partial charge is 0.313 e. The lowest BCUT2D eigenvalue weighted by molar-refractivity contribution is 0.391. The summed E-state index contributed by atoms with van der Waals surface area (Å²) >= 11 is 11.9. The average Bonchev–Trinajstić information content (AvgIpc) is 2.21. The van der Waals surface area contributed by atoms with E-state index in [0.717, 1.165) is 25.2 Å². The fourth-order valence-corrected chi connectivity index (χ4v) is 2.20. The summed E-state index contributed by atoms with van der Waals surface area (Å²) in [7, 11) is 4.20. The van der Waals surface area contributed by atoms with Crippen LogP contribution in [-0.4, -0.2) is 32.1 Å². The first-order chi connectivity index (χ1) is 8.08. The highest BCUT2D eigenvalue weighted by atomic mass is 35.5. The zero-order valence-electron chi connectivity index (χ0n) is 10.5. The van der Waals surface area contributed by atoms with Crippen molar-refractivity contribution in [2.45, 2.75) is 19.4 Å². The maximum Gasteiger partial charge on any atom is 0.0424 e. The Balaban J connectivity index is 2.18. The quantitative estimate of drug-likeness (QED) is 0.767. The van der Waals surface area contributed by atoms with Crippen molar-refractivity contribution in [1.29, 1.82) is 0 Å². The first-order valence-corrected chi connectivity index (χ1v) is 6.64. The van der Waals surface area contributed by atoms with Crippen LogP contribution in [0.5, 0.6) is 0 Å². The molecule has 0 amide bonds. The van der Waals surface area contributed by atoms with E-state index in [1.165, 1.54) is 12.8 Å². The molecule has 0 aliphatic rings. The molecule has 17 heavy (non-hydrogen) atoms. The summed E-state index contributed by atoms with van der Waals surface area (Å²) in [5.74, 6) is 0. The molecule has 0 aliphatic heterocycles. The molecule has 0 saturated carbocycles. The Morgan fingerprint density at radius 3 is 2.29 bits per heavy atom. The van der Waals surface area contributed by atoms with Crippen LogP contribution < -0.4 is 5.32 Å². The van der Waals surface area contributed by atoms with Crippen LogP contribution in [0.2, 0.25) is 10.0 Å². The second kappa shape index (κ2) is 7.93. The predicted octanol–water partition coefficient (Wildman–Crippen LogP) is 3.42. The molecule has 1 N–H and O–H groups in total. The van der Waals surface area contributed by atoms with Crippen molar-refractivity contribution in [3.05, 3.63) is 33.8 Å². The number of halogens is 2. The highest BCUT2D eigenvalue weighted by Gasteiger charge is 1.98. The van der Waals surface area contributed by atoms with Gasteiger partial charge >= 0.3 is 0 Å². The van der Waals surface area contributed by atoms with Gasteiger partial charge in [0.2, 0.25) is 0 Å². The zero-order valence-corrected chi connectivity index (χ0v) is 12.0. The Labute approximate surface area is 114 Å². The lowest BCUT2D eigenvalue weighted by Gasteiger charge is -2.09. The summed E-state index contributed by atoms with van der Waals surface area (Å²) in [6, 6.07) is 5.64. The Bertz CT molecular complexity index is 320. The topological polar surface area (TPSA) is 15.3 Å². The third kappa shape index (κ3) is 6.89. The Kier molecular flexibility index (Phi) is 6.90. The molecule has 0 unspecified atom stereocenters. The van der Waals surface area contributed by atoms with Crippen molar-refractivity contribution in [3.8, 4) is 0 Å². The van der Waals surface area contributed by atoms with E-state index in [0.29, 0.717) is 10.0 Å². The minimum Gasteiger partial charge on any atom is -0.313 e. The van der Waals surface area contributed by atoms with Crippen LogP contribution in [0.25, 0.3) is 0 Å². The molecule has 0 saturated heterocycles. The van der Waals surface area contributed by atoms with Crippen molar-refractivity contribution in [2.75, 3.05) is 27.2 Å². The molecular weight excluding hydrogens is 255 g/mol. The summed E-state index contributed by atoms with van der Waals surface area (Å²) in [6.45, 7) is 2.99. The second-order valence-corrected chi connectivity index (χ2v) is 5.34. The van der Waals surface area contributed by atoms with Crippen LogP contribution in [0.15, 0.2) is 18.2 Å². The Morgan fingerprint density at radius 1 is 1.06 bits per heavy atom. The number of nitrogens with one attached hydrogen (secondary N) is 1. The molecule has 96 valence electrons. The fraction of sp³-hybridized carbons (Fsp3) is 0.538. The highest BCUT2D eigenvalue weighted by Crippen LogP contribution is 2.18. The van der Waals surface area contributed by atoms with Crippen LogP contribution in [0.3, 0.4) is 0 Å². The monoisotopic (exact) mass is 274 g/mol. The van der Waals surface area contributed by atoms with Gasteiger partial charge in [-0.3, -0.25) is 0 Å². The van der Waals surface area contributed by atoms with Crippen molar-refractivity contribution in [1.82, 2.24) is 10.2 Å². The summed E-state index contributed by atoms with van der Waals surface area (Å²) in [5.41, 5.74) is 1.13. The molecule has 1 aromatic carbocycles. The molecule has 0 atom stereocenters. The van der Waals surface area contributed by atoms with E-state index in [-0.39, 0.29) is 0 Å². The molecule has 1 rings (SSSR count). The standard InChI is InChI=1S/C13H20Cl2N2/c1-17(2)6-4-3-5-16-10-11-7-12(14)9-13(15)8-11/h7-9,16H,3-6,10H2,1-2H3. The molecule has 0 spiro atoms. The molecule has 2 nitrogen and oxygen atoms in total. The van der Waals surface area contributed by atoms with Gasteiger partial charge in [0.25, 0.3) is 0 Å². The van der Waals surface area contributed by atoms with Crippen LogP contribution >= 0.6 is 23.2 Å². The molecule has 0 fully saturated rings. The van der Waals surface area contributed by atoms with Gasteiger partial charge in [0, 0.05) is 16.6 Å². The zero-order chi connectivity index (χ0) is 12.7. The lowest BCUT2D eigenvalue weighted by atomic mass is 10.2. The number of rotatable bonds is 7. The third-order valence-corrected chi connectivity index (χ3v) is 2.90. The minimum absolute atomic E-state index is 0.696. The summed E-state index contributed by atoms with van der Waals surface area (Å²) in [6.07, 6.45) is 2.41. The number of unbranched alkanes of at least 4 members (excludes halogenated alkanes) is 1. The van der Waals surface area contributed by atoms with Crippen LogP contribution in [0.4, 0.5) is 0 Å². The molecule has 0 aliphatic carbocycles. The van der Waals surface area contributed by atoms with Crippen LogP contribution in [-0.2, 0) is 6.54 Å². The van der Waals surface area contributed by atoms with Gasteiger partial charge in [0.15, 0.2) is 0 Å². The predicted molar refractivity (Wildman–Crippen MR) is 76.0 cm³/mol. The van der Waals surface area contributed by atoms with Gasteiger partial charge < -0.3 is 10.2 Å².